The normalized spacial score (nSPS) is 15.6. The van der Waals surface area contributed by atoms with E-state index in [1.54, 1.807) is 9.80 Å². The highest BCUT2D eigenvalue weighted by Gasteiger charge is 2.26. The van der Waals surface area contributed by atoms with E-state index >= 15 is 0 Å². The van der Waals surface area contributed by atoms with Crippen LogP contribution in [0, 0.1) is 0 Å². The van der Waals surface area contributed by atoms with Crippen LogP contribution in [0.5, 0.6) is 0 Å². The Labute approximate surface area is 123 Å². The standard InChI is InChI=1S/C13H21N5O3/c1-9(2)11-14-12(16-15-11)13(20)18-6-4-17(5-7-18)10(19)8-21-3/h9H,4-8H2,1-3H3,(H,14,15,16). The molecule has 0 spiro atoms. The van der Waals surface area contributed by atoms with Gasteiger partial charge >= 0.3 is 0 Å². The highest BCUT2D eigenvalue weighted by atomic mass is 16.5. The lowest BCUT2D eigenvalue weighted by molar-refractivity contribution is -0.136. The molecule has 1 aliphatic heterocycles. The molecule has 2 heterocycles. The van der Waals surface area contributed by atoms with Crippen LogP contribution in [0.3, 0.4) is 0 Å². The fourth-order valence-electron chi connectivity index (χ4n) is 2.14. The first kappa shape index (κ1) is 15.4. The van der Waals surface area contributed by atoms with Gasteiger partial charge in [-0.25, -0.2) is 4.98 Å². The van der Waals surface area contributed by atoms with E-state index in [2.05, 4.69) is 15.2 Å². The first-order valence-corrected chi connectivity index (χ1v) is 7.01. The zero-order valence-corrected chi connectivity index (χ0v) is 12.6. The van der Waals surface area contributed by atoms with Gasteiger partial charge in [0.25, 0.3) is 5.91 Å². The quantitative estimate of drug-likeness (QED) is 0.834. The van der Waals surface area contributed by atoms with Gasteiger partial charge in [0.2, 0.25) is 11.7 Å². The number of aromatic nitrogens is 3. The minimum atomic E-state index is -0.197. The third kappa shape index (κ3) is 3.57. The number of nitrogens with one attached hydrogen (secondary N) is 1. The summed E-state index contributed by atoms with van der Waals surface area (Å²) in [5.74, 6) is 0.840. The Morgan fingerprint density at radius 2 is 1.86 bits per heavy atom. The predicted octanol–water partition coefficient (Wildman–Crippen LogP) is -0.141. The number of piperazine rings is 1. The number of ether oxygens (including phenoxy) is 1. The number of hydrogen-bond acceptors (Lipinski definition) is 5. The SMILES string of the molecule is COCC(=O)N1CCN(C(=O)c2n[nH]c(C(C)C)n2)CC1. The monoisotopic (exact) mass is 295 g/mol. The van der Waals surface area contributed by atoms with E-state index in [9.17, 15) is 9.59 Å². The van der Waals surface area contributed by atoms with Crippen LogP contribution < -0.4 is 0 Å². The highest BCUT2D eigenvalue weighted by molar-refractivity contribution is 5.90. The molecule has 1 saturated heterocycles. The molecule has 8 nitrogen and oxygen atoms in total. The molecule has 0 bridgehead atoms. The molecule has 116 valence electrons. The van der Waals surface area contributed by atoms with Crippen molar-refractivity contribution in [3.05, 3.63) is 11.6 Å². The van der Waals surface area contributed by atoms with Gasteiger partial charge in [0, 0.05) is 39.2 Å². The molecule has 1 aromatic heterocycles. The number of H-pyrrole nitrogens is 1. The molecular formula is C13H21N5O3. The number of carbonyl (C=O) groups is 2. The number of amides is 2. The van der Waals surface area contributed by atoms with Gasteiger partial charge in [-0.2, -0.15) is 0 Å². The molecule has 1 aliphatic rings. The third-order valence-electron chi connectivity index (χ3n) is 3.43. The predicted molar refractivity (Wildman–Crippen MR) is 74.8 cm³/mol. The lowest BCUT2D eigenvalue weighted by Gasteiger charge is -2.34. The van der Waals surface area contributed by atoms with E-state index in [1.807, 2.05) is 13.8 Å². The van der Waals surface area contributed by atoms with Crippen molar-refractivity contribution >= 4 is 11.8 Å². The first-order valence-electron chi connectivity index (χ1n) is 7.01. The van der Waals surface area contributed by atoms with E-state index in [0.717, 1.165) is 0 Å². The van der Waals surface area contributed by atoms with E-state index < -0.39 is 0 Å². The summed E-state index contributed by atoms with van der Waals surface area (Å²) < 4.78 is 4.83. The van der Waals surface area contributed by atoms with Gasteiger partial charge in [-0.3, -0.25) is 14.7 Å². The Kier molecular flexibility index (Phi) is 4.89. The second kappa shape index (κ2) is 6.66. The minimum Gasteiger partial charge on any atom is -0.375 e. The van der Waals surface area contributed by atoms with Crippen molar-refractivity contribution in [1.29, 1.82) is 0 Å². The Hall–Kier alpha value is -1.96. The largest absolute Gasteiger partial charge is 0.375 e. The summed E-state index contributed by atoms with van der Waals surface area (Å²) in [6.45, 7) is 6.03. The van der Waals surface area contributed by atoms with Gasteiger partial charge < -0.3 is 14.5 Å². The molecular weight excluding hydrogens is 274 g/mol. The molecule has 2 amide bonds. The Morgan fingerprint density at radius 1 is 1.24 bits per heavy atom. The van der Waals surface area contributed by atoms with E-state index in [4.69, 9.17) is 4.74 Å². The summed E-state index contributed by atoms with van der Waals surface area (Å²) in [7, 11) is 1.49. The third-order valence-corrected chi connectivity index (χ3v) is 3.43. The van der Waals surface area contributed by atoms with Gasteiger partial charge in [0.05, 0.1) is 0 Å². The molecule has 1 aromatic rings. The number of carbonyl (C=O) groups excluding carboxylic acids is 2. The van der Waals surface area contributed by atoms with Crippen molar-refractivity contribution in [2.24, 2.45) is 0 Å². The zero-order valence-electron chi connectivity index (χ0n) is 12.6. The van der Waals surface area contributed by atoms with Crippen molar-refractivity contribution in [3.8, 4) is 0 Å². The molecule has 0 radical (unpaired) electrons. The zero-order chi connectivity index (χ0) is 15.4. The Bertz CT molecular complexity index is 506. The van der Waals surface area contributed by atoms with Gasteiger partial charge in [-0.15, -0.1) is 5.10 Å². The maximum Gasteiger partial charge on any atom is 0.293 e. The number of methoxy groups -OCH3 is 1. The topological polar surface area (TPSA) is 91.4 Å². The van der Waals surface area contributed by atoms with Crippen molar-refractivity contribution < 1.29 is 14.3 Å². The number of aromatic amines is 1. The fourth-order valence-corrected chi connectivity index (χ4v) is 2.14. The molecule has 0 aliphatic carbocycles. The van der Waals surface area contributed by atoms with Crippen LogP contribution >= 0.6 is 0 Å². The molecule has 2 rings (SSSR count). The first-order chi connectivity index (χ1) is 10.0. The summed E-state index contributed by atoms with van der Waals surface area (Å²) >= 11 is 0. The molecule has 0 atom stereocenters. The van der Waals surface area contributed by atoms with E-state index in [-0.39, 0.29) is 30.2 Å². The summed E-state index contributed by atoms with van der Waals surface area (Å²) in [6.07, 6.45) is 0. The van der Waals surface area contributed by atoms with Crippen LogP contribution in [0.15, 0.2) is 0 Å². The molecule has 21 heavy (non-hydrogen) atoms. The van der Waals surface area contributed by atoms with Gasteiger partial charge in [-0.1, -0.05) is 13.8 Å². The maximum atomic E-state index is 12.3. The molecule has 0 saturated carbocycles. The molecule has 1 fully saturated rings. The molecule has 0 unspecified atom stereocenters. The summed E-state index contributed by atoms with van der Waals surface area (Å²) in [6, 6.07) is 0. The number of rotatable bonds is 4. The molecule has 8 heteroatoms. The lowest BCUT2D eigenvalue weighted by Crippen LogP contribution is -2.51. The number of nitrogens with zero attached hydrogens (tertiary/aromatic N) is 4. The van der Waals surface area contributed by atoms with Crippen LogP contribution in [0.25, 0.3) is 0 Å². The average molecular weight is 295 g/mol. The number of hydrogen-bond donors (Lipinski definition) is 1. The maximum absolute atomic E-state index is 12.3. The second-order valence-corrected chi connectivity index (χ2v) is 5.30. The van der Waals surface area contributed by atoms with Gasteiger partial charge in [0.15, 0.2) is 0 Å². The van der Waals surface area contributed by atoms with Gasteiger partial charge in [-0.05, 0) is 0 Å². The van der Waals surface area contributed by atoms with Crippen LogP contribution in [0.4, 0.5) is 0 Å². The van der Waals surface area contributed by atoms with Crippen LogP contribution in [-0.4, -0.2) is 76.7 Å². The summed E-state index contributed by atoms with van der Waals surface area (Å²) in [5.41, 5.74) is 0. The Balaban J connectivity index is 1.92. The average Bonchev–Trinajstić information content (AvgIpc) is 2.97. The lowest BCUT2D eigenvalue weighted by atomic mass is 10.2. The highest BCUT2D eigenvalue weighted by Crippen LogP contribution is 2.10. The van der Waals surface area contributed by atoms with Crippen molar-refractivity contribution in [2.45, 2.75) is 19.8 Å². The smallest absolute Gasteiger partial charge is 0.293 e. The second-order valence-electron chi connectivity index (χ2n) is 5.30. The summed E-state index contributed by atoms with van der Waals surface area (Å²) in [5, 5.41) is 6.75. The molecule has 0 aromatic carbocycles. The van der Waals surface area contributed by atoms with Crippen molar-refractivity contribution in [2.75, 3.05) is 39.9 Å². The Morgan fingerprint density at radius 3 is 2.38 bits per heavy atom. The minimum absolute atomic E-state index is 0.0513. The van der Waals surface area contributed by atoms with Crippen molar-refractivity contribution in [1.82, 2.24) is 25.0 Å². The van der Waals surface area contributed by atoms with E-state index in [1.165, 1.54) is 7.11 Å². The van der Waals surface area contributed by atoms with Crippen LogP contribution in [0.1, 0.15) is 36.2 Å². The fraction of sp³-hybridized carbons (Fsp3) is 0.692. The van der Waals surface area contributed by atoms with Crippen LogP contribution in [0.2, 0.25) is 0 Å². The van der Waals surface area contributed by atoms with E-state index in [0.29, 0.717) is 32.0 Å². The van der Waals surface area contributed by atoms with Crippen LogP contribution in [-0.2, 0) is 9.53 Å². The van der Waals surface area contributed by atoms with Crippen molar-refractivity contribution in [3.63, 3.8) is 0 Å². The van der Waals surface area contributed by atoms with Gasteiger partial charge in [0.1, 0.15) is 12.4 Å². The molecule has 1 N–H and O–H groups in total. The summed E-state index contributed by atoms with van der Waals surface area (Å²) in [4.78, 5) is 31.6.